The van der Waals surface area contributed by atoms with E-state index < -0.39 is 0 Å². The fourth-order valence-electron chi connectivity index (χ4n) is 3.25. The molecule has 24 heavy (non-hydrogen) atoms. The predicted octanol–water partition coefficient (Wildman–Crippen LogP) is 3.00. The summed E-state index contributed by atoms with van der Waals surface area (Å²) in [6.07, 6.45) is 2.76. The third-order valence-electron chi connectivity index (χ3n) is 4.57. The number of thiophene rings is 1. The molecule has 0 fully saturated rings. The van der Waals surface area contributed by atoms with Crippen LogP contribution in [-0.4, -0.2) is 34.7 Å². The van der Waals surface area contributed by atoms with Gasteiger partial charge in [-0.25, -0.2) is 0 Å². The summed E-state index contributed by atoms with van der Waals surface area (Å²) in [7, 11) is 0. The van der Waals surface area contributed by atoms with E-state index in [-0.39, 0.29) is 0 Å². The van der Waals surface area contributed by atoms with Crippen molar-refractivity contribution in [2.24, 2.45) is 0 Å². The van der Waals surface area contributed by atoms with Gasteiger partial charge in [0.1, 0.15) is 11.6 Å². The standard InChI is InChI=1S/C18H23N5S/c1-3-14-15(11-19)18(22-21-16(14)4-2)20-7-9-23-8-5-17-13(12-23)6-10-24-17/h6,10H,3-5,7-9,12H2,1-2H3,(H,20,22). The maximum Gasteiger partial charge on any atom is 0.166 e. The zero-order valence-corrected chi connectivity index (χ0v) is 15.1. The first kappa shape index (κ1) is 16.9. The van der Waals surface area contributed by atoms with Crippen LogP contribution in [0, 0.1) is 11.3 Å². The average Bonchev–Trinajstić information content (AvgIpc) is 3.08. The van der Waals surface area contributed by atoms with Crippen molar-refractivity contribution in [2.45, 2.75) is 39.7 Å². The highest BCUT2D eigenvalue weighted by Crippen LogP contribution is 2.24. The quantitative estimate of drug-likeness (QED) is 0.875. The molecule has 5 nitrogen and oxygen atoms in total. The van der Waals surface area contributed by atoms with Gasteiger partial charge in [-0.3, -0.25) is 4.90 Å². The Hall–Kier alpha value is -1.97. The minimum Gasteiger partial charge on any atom is -0.366 e. The van der Waals surface area contributed by atoms with Gasteiger partial charge in [-0.1, -0.05) is 13.8 Å². The molecule has 0 aromatic carbocycles. The second-order valence-electron chi connectivity index (χ2n) is 5.99. The molecule has 0 radical (unpaired) electrons. The van der Waals surface area contributed by atoms with Crippen LogP contribution in [0.4, 0.5) is 5.82 Å². The minimum absolute atomic E-state index is 0.625. The molecule has 126 valence electrons. The molecule has 0 aliphatic carbocycles. The Morgan fingerprint density at radius 1 is 1.33 bits per heavy atom. The Morgan fingerprint density at radius 2 is 2.21 bits per heavy atom. The minimum atomic E-state index is 0.625. The number of hydrogen-bond acceptors (Lipinski definition) is 6. The van der Waals surface area contributed by atoms with Crippen LogP contribution in [-0.2, 0) is 25.8 Å². The fraction of sp³-hybridized carbons (Fsp3) is 0.500. The second-order valence-corrected chi connectivity index (χ2v) is 6.99. The van der Waals surface area contributed by atoms with Crippen LogP contribution in [0.5, 0.6) is 0 Å². The van der Waals surface area contributed by atoms with Crippen molar-refractivity contribution in [2.75, 3.05) is 25.0 Å². The number of aryl methyl sites for hydroxylation is 1. The Labute approximate surface area is 147 Å². The lowest BCUT2D eigenvalue weighted by atomic mass is 10.0. The van der Waals surface area contributed by atoms with E-state index in [0.29, 0.717) is 11.4 Å². The van der Waals surface area contributed by atoms with Crippen molar-refractivity contribution < 1.29 is 0 Å². The van der Waals surface area contributed by atoms with Crippen LogP contribution in [0.3, 0.4) is 0 Å². The number of fused-ring (bicyclic) bond motifs is 1. The van der Waals surface area contributed by atoms with E-state index in [1.165, 1.54) is 10.4 Å². The SMILES string of the molecule is CCc1nnc(NCCN2CCc3sccc3C2)c(C#N)c1CC. The maximum atomic E-state index is 9.52. The van der Waals surface area contributed by atoms with Crippen LogP contribution < -0.4 is 5.32 Å². The van der Waals surface area contributed by atoms with E-state index in [4.69, 9.17) is 0 Å². The van der Waals surface area contributed by atoms with Gasteiger partial charge in [0.05, 0.1) is 5.69 Å². The van der Waals surface area contributed by atoms with Gasteiger partial charge in [0.15, 0.2) is 5.82 Å². The predicted molar refractivity (Wildman–Crippen MR) is 97.3 cm³/mol. The maximum absolute atomic E-state index is 9.52. The molecule has 1 aliphatic rings. The Balaban J connectivity index is 1.62. The normalized spacial score (nSPS) is 14.2. The highest BCUT2D eigenvalue weighted by molar-refractivity contribution is 7.10. The largest absolute Gasteiger partial charge is 0.366 e. The van der Waals surface area contributed by atoms with Gasteiger partial charge in [0.25, 0.3) is 0 Å². The van der Waals surface area contributed by atoms with Crippen molar-refractivity contribution in [3.8, 4) is 6.07 Å². The number of nitrogens with one attached hydrogen (secondary N) is 1. The molecular weight excluding hydrogens is 318 g/mol. The molecule has 0 spiro atoms. The van der Waals surface area contributed by atoms with Crippen LogP contribution in [0.2, 0.25) is 0 Å². The van der Waals surface area contributed by atoms with Crippen LogP contribution in [0.1, 0.15) is 41.1 Å². The van der Waals surface area contributed by atoms with Crippen molar-refractivity contribution in [1.29, 1.82) is 5.26 Å². The van der Waals surface area contributed by atoms with Gasteiger partial charge >= 0.3 is 0 Å². The lowest BCUT2D eigenvalue weighted by molar-refractivity contribution is 0.266. The third kappa shape index (κ3) is 3.42. The Bertz CT molecular complexity index is 746. The number of rotatable bonds is 6. The molecule has 2 aromatic heterocycles. The first-order valence-electron chi connectivity index (χ1n) is 8.56. The van der Waals surface area contributed by atoms with Crippen LogP contribution in [0.25, 0.3) is 0 Å². The third-order valence-corrected chi connectivity index (χ3v) is 5.59. The summed E-state index contributed by atoms with van der Waals surface area (Å²) in [6.45, 7) is 7.95. The molecule has 2 aromatic rings. The number of nitrogens with zero attached hydrogens (tertiary/aromatic N) is 4. The van der Waals surface area contributed by atoms with Gasteiger partial charge in [0.2, 0.25) is 0 Å². The topological polar surface area (TPSA) is 64.8 Å². The summed E-state index contributed by atoms with van der Waals surface area (Å²) in [5.74, 6) is 0.625. The zero-order valence-electron chi connectivity index (χ0n) is 14.3. The van der Waals surface area contributed by atoms with Crippen molar-refractivity contribution in [1.82, 2.24) is 15.1 Å². The molecule has 0 unspecified atom stereocenters. The molecule has 1 aliphatic heterocycles. The monoisotopic (exact) mass is 341 g/mol. The molecular formula is C18H23N5S. The number of aromatic nitrogens is 2. The van der Waals surface area contributed by atoms with Crippen LogP contribution in [0.15, 0.2) is 11.4 Å². The lowest BCUT2D eigenvalue weighted by Crippen LogP contribution is -2.33. The van der Waals surface area contributed by atoms with Crippen molar-refractivity contribution in [3.05, 3.63) is 38.7 Å². The first-order chi connectivity index (χ1) is 11.8. The second kappa shape index (κ2) is 7.73. The molecule has 3 rings (SSSR count). The fourth-order valence-corrected chi connectivity index (χ4v) is 4.14. The smallest absolute Gasteiger partial charge is 0.166 e. The molecule has 0 atom stereocenters. The Kier molecular flexibility index (Phi) is 5.44. The number of anilines is 1. The van der Waals surface area contributed by atoms with E-state index in [1.54, 1.807) is 0 Å². The summed E-state index contributed by atoms with van der Waals surface area (Å²) in [6, 6.07) is 4.54. The van der Waals surface area contributed by atoms with Gasteiger partial charge in [-0.15, -0.1) is 16.4 Å². The van der Waals surface area contributed by atoms with E-state index in [0.717, 1.165) is 56.7 Å². The van der Waals surface area contributed by atoms with Gasteiger partial charge in [0, 0.05) is 31.1 Å². The summed E-state index contributed by atoms with van der Waals surface area (Å²) in [5, 5.41) is 23.5. The highest BCUT2D eigenvalue weighted by Gasteiger charge is 2.17. The summed E-state index contributed by atoms with van der Waals surface area (Å²) in [5.41, 5.74) is 4.08. The van der Waals surface area contributed by atoms with Crippen molar-refractivity contribution >= 4 is 17.2 Å². The van der Waals surface area contributed by atoms with Gasteiger partial charge in [-0.05, 0) is 41.8 Å². The van der Waals surface area contributed by atoms with E-state index >= 15 is 0 Å². The van der Waals surface area contributed by atoms with Gasteiger partial charge in [-0.2, -0.15) is 10.4 Å². The lowest BCUT2D eigenvalue weighted by Gasteiger charge is -2.26. The molecule has 0 bridgehead atoms. The molecule has 3 heterocycles. The van der Waals surface area contributed by atoms with Crippen molar-refractivity contribution in [3.63, 3.8) is 0 Å². The molecule has 0 amide bonds. The number of hydrogen-bond donors (Lipinski definition) is 1. The average molecular weight is 341 g/mol. The molecule has 1 N–H and O–H groups in total. The number of nitriles is 1. The van der Waals surface area contributed by atoms with E-state index in [1.807, 2.05) is 18.3 Å². The zero-order chi connectivity index (χ0) is 16.9. The van der Waals surface area contributed by atoms with Crippen LogP contribution >= 0.6 is 11.3 Å². The first-order valence-corrected chi connectivity index (χ1v) is 9.44. The molecule has 0 saturated carbocycles. The van der Waals surface area contributed by atoms with E-state index in [2.05, 4.69) is 44.9 Å². The summed E-state index contributed by atoms with van der Waals surface area (Å²) < 4.78 is 0. The Morgan fingerprint density at radius 3 is 2.96 bits per heavy atom. The van der Waals surface area contributed by atoms with Gasteiger partial charge < -0.3 is 5.32 Å². The molecule has 6 heteroatoms. The molecule has 0 saturated heterocycles. The highest BCUT2D eigenvalue weighted by atomic mass is 32.1. The van der Waals surface area contributed by atoms with E-state index in [9.17, 15) is 5.26 Å². The summed E-state index contributed by atoms with van der Waals surface area (Å²) in [4.78, 5) is 3.97. The summed E-state index contributed by atoms with van der Waals surface area (Å²) >= 11 is 1.86.